The van der Waals surface area contributed by atoms with Crippen molar-refractivity contribution in [2.75, 3.05) is 29.6 Å². The quantitative estimate of drug-likeness (QED) is 0.308. The van der Waals surface area contributed by atoms with Crippen LogP contribution < -0.4 is 9.91 Å². The molecule has 3 aromatic rings. The summed E-state index contributed by atoms with van der Waals surface area (Å²) in [5.74, 6) is 0. The molecule has 0 spiro atoms. The van der Waals surface area contributed by atoms with Crippen LogP contribution in [0.2, 0.25) is 0 Å². The maximum Gasteiger partial charge on any atom is 0.101 e. The molecule has 4 nitrogen and oxygen atoms in total. The zero-order valence-corrected chi connectivity index (χ0v) is 17.2. The van der Waals surface area contributed by atoms with Crippen LogP contribution in [0.5, 0.6) is 0 Å². The predicted molar refractivity (Wildman–Crippen MR) is 121 cm³/mol. The van der Waals surface area contributed by atoms with Gasteiger partial charge in [-0.1, -0.05) is 48.2 Å². The van der Waals surface area contributed by atoms with Crippen molar-refractivity contribution in [3.8, 4) is 0 Å². The molecule has 0 bridgehead atoms. The van der Waals surface area contributed by atoms with Gasteiger partial charge < -0.3 is 9.64 Å². The molecule has 0 aromatic heterocycles. The Morgan fingerprint density at radius 3 is 2.59 bits per heavy atom. The van der Waals surface area contributed by atoms with Crippen molar-refractivity contribution < 1.29 is 4.74 Å². The van der Waals surface area contributed by atoms with E-state index in [0.717, 1.165) is 30.9 Å². The maximum atomic E-state index is 5.42. The predicted octanol–water partition coefficient (Wildman–Crippen LogP) is 5.55. The molecule has 1 fully saturated rings. The van der Waals surface area contributed by atoms with Gasteiger partial charge in [0.05, 0.1) is 36.4 Å². The first-order valence-electron chi connectivity index (χ1n) is 9.98. The smallest absolute Gasteiger partial charge is 0.101 e. The lowest BCUT2D eigenvalue weighted by atomic mass is 10.1. The number of hydrogen-bond acceptors (Lipinski definition) is 5. The van der Waals surface area contributed by atoms with E-state index < -0.39 is 0 Å². The summed E-state index contributed by atoms with van der Waals surface area (Å²) in [5.41, 5.74) is 4.73. The van der Waals surface area contributed by atoms with E-state index >= 15 is 0 Å². The monoisotopic (exact) mass is 401 g/mol. The Balaban J connectivity index is 1.42. The largest absolute Gasteiger partial charge is 0.371 e. The number of ether oxygens (including phenoxy) is 1. The minimum absolute atomic E-state index is 0.279. The molecule has 5 rings (SSSR count). The van der Waals surface area contributed by atoms with Crippen molar-refractivity contribution in [2.45, 2.75) is 22.8 Å². The Labute approximate surface area is 175 Å². The lowest BCUT2D eigenvalue weighted by Crippen LogP contribution is -2.22. The molecule has 0 radical (unpaired) electrons. The highest BCUT2D eigenvalue weighted by atomic mass is 32.2. The summed E-state index contributed by atoms with van der Waals surface area (Å²) in [4.78, 5) is 4.95. The SMILES string of the molecule is CCN1c2ccccc2Sc2cc(C=NN(CC3CO3)c3ccccc3)ccc21. The molecule has 2 heterocycles. The Morgan fingerprint density at radius 1 is 1.03 bits per heavy atom. The van der Waals surface area contributed by atoms with Crippen molar-refractivity contribution in [1.82, 2.24) is 0 Å². The van der Waals surface area contributed by atoms with Gasteiger partial charge in [0.1, 0.15) is 6.10 Å². The van der Waals surface area contributed by atoms with Gasteiger partial charge in [0.25, 0.3) is 0 Å². The molecule has 2 aliphatic rings. The summed E-state index contributed by atoms with van der Waals surface area (Å²) >= 11 is 1.83. The fourth-order valence-electron chi connectivity index (χ4n) is 3.59. The Morgan fingerprint density at radius 2 is 1.79 bits per heavy atom. The van der Waals surface area contributed by atoms with Crippen LogP contribution in [0, 0.1) is 0 Å². The average molecular weight is 402 g/mol. The first-order chi connectivity index (χ1) is 14.3. The molecular weight excluding hydrogens is 378 g/mol. The molecule has 146 valence electrons. The molecule has 1 saturated heterocycles. The zero-order chi connectivity index (χ0) is 19.6. The van der Waals surface area contributed by atoms with Crippen molar-refractivity contribution in [2.24, 2.45) is 5.10 Å². The second-order valence-electron chi connectivity index (χ2n) is 7.16. The number of hydrazone groups is 1. The van der Waals surface area contributed by atoms with E-state index in [4.69, 9.17) is 9.84 Å². The number of fused-ring (bicyclic) bond motifs is 2. The third kappa shape index (κ3) is 3.88. The van der Waals surface area contributed by atoms with Crippen LogP contribution in [0.25, 0.3) is 0 Å². The first kappa shape index (κ1) is 18.3. The van der Waals surface area contributed by atoms with Gasteiger partial charge >= 0.3 is 0 Å². The van der Waals surface area contributed by atoms with Gasteiger partial charge in [0.15, 0.2) is 0 Å². The summed E-state index contributed by atoms with van der Waals surface area (Å²) in [6.07, 6.45) is 2.23. The fraction of sp³-hybridized carbons (Fsp3) is 0.208. The highest BCUT2D eigenvalue weighted by Gasteiger charge is 2.26. The number of para-hydroxylation sites is 2. The van der Waals surface area contributed by atoms with E-state index in [0.29, 0.717) is 0 Å². The number of hydrogen-bond donors (Lipinski definition) is 0. The number of epoxide rings is 1. The Bertz CT molecular complexity index is 1030. The topological polar surface area (TPSA) is 31.4 Å². The second-order valence-corrected chi connectivity index (χ2v) is 8.24. The van der Waals surface area contributed by atoms with Gasteiger partial charge in [-0.25, -0.2) is 0 Å². The molecule has 1 atom stereocenters. The van der Waals surface area contributed by atoms with Crippen LogP contribution in [0.3, 0.4) is 0 Å². The highest BCUT2D eigenvalue weighted by molar-refractivity contribution is 7.99. The molecule has 0 amide bonds. The summed E-state index contributed by atoms with van der Waals surface area (Å²) < 4.78 is 5.42. The zero-order valence-electron chi connectivity index (χ0n) is 16.4. The second kappa shape index (κ2) is 7.93. The highest BCUT2D eigenvalue weighted by Crippen LogP contribution is 2.47. The third-order valence-electron chi connectivity index (χ3n) is 5.15. The van der Waals surface area contributed by atoms with E-state index in [-0.39, 0.29) is 6.10 Å². The normalized spacial score (nSPS) is 17.1. The van der Waals surface area contributed by atoms with E-state index in [2.05, 4.69) is 66.4 Å². The summed E-state index contributed by atoms with van der Waals surface area (Å²) in [7, 11) is 0. The third-order valence-corrected chi connectivity index (χ3v) is 6.26. The standard InChI is InChI=1S/C24H23N3OS/c1-2-26-21-10-6-7-11-23(21)29-24-14-18(12-13-22(24)26)15-25-27(16-20-17-28-20)19-8-4-3-5-9-19/h3-15,20H,2,16-17H2,1H3. The van der Waals surface area contributed by atoms with E-state index in [1.807, 2.05) is 41.2 Å². The number of benzene rings is 3. The summed E-state index contributed by atoms with van der Waals surface area (Å²) in [6, 6.07) is 25.5. The van der Waals surface area contributed by atoms with Crippen LogP contribution in [0.4, 0.5) is 17.1 Å². The fourth-order valence-corrected chi connectivity index (χ4v) is 4.74. The Hall–Kier alpha value is -2.76. The minimum Gasteiger partial charge on any atom is -0.371 e. The van der Waals surface area contributed by atoms with Gasteiger partial charge in [0.2, 0.25) is 0 Å². The van der Waals surface area contributed by atoms with Crippen molar-refractivity contribution in [1.29, 1.82) is 0 Å². The molecule has 1 unspecified atom stereocenters. The summed E-state index contributed by atoms with van der Waals surface area (Å²) in [5, 5.41) is 6.81. The number of rotatable bonds is 6. The molecule has 0 N–H and O–H groups in total. The van der Waals surface area contributed by atoms with Crippen molar-refractivity contribution in [3.63, 3.8) is 0 Å². The molecule has 2 aliphatic heterocycles. The van der Waals surface area contributed by atoms with E-state index in [9.17, 15) is 0 Å². The van der Waals surface area contributed by atoms with Gasteiger partial charge in [-0.3, -0.25) is 5.01 Å². The van der Waals surface area contributed by atoms with Crippen LogP contribution in [0.1, 0.15) is 12.5 Å². The molecule has 29 heavy (non-hydrogen) atoms. The van der Waals surface area contributed by atoms with Gasteiger partial charge in [0, 0.05) is 16.3 Å². The molecule has 0 saturated carbocycles. The first-order valence-corrected chi connectivity index (χ1v) is 10.8. The van der Waals surface area contributed by atoms with Crippen molar-refractivity contribution in [3.05, 3.63) is 78.4 Å². The van der Waals surface area contributed by atoms with Crippen LogP contribution in [0.15, 0.2) is 87.7 Å². The lowest BCUT2D eigenvalue weighted by molar-refractivity contribution is 0.408. The van der Waals surface area contributed by atoms with Gasteiger partial charge in [-0.2, -0.15) is 5.10 Å². The average Bonchev–Trinajstić information content (AvgIpc) is 3.59. The lowest BCUT2D eigenvalue weighted by Gasteiger charge is -2.32. The molecular formula is C24H23N3OS. The van der Waals surface area contributed by atoms with Crippen LogP contribution in [-0.4, -0.2) is 32.0 Å². The van der Waals surface area contributed by atoms with Gasteiger partial charge in [-0.15, -0.1) is 0 Å². The number of nitrogens with zero attached hydrogens (tertiary/aromatic N) is 3. The van der Waals surface area contributed by atoms with E-state index in [1.165, 1.54) is 21.2 Å². The Kier molecular flexibility index (Phi) is 5.00. The van der Waals surface area contributed by atoms with E-state index in [1.54, 1.807) is 0 Å². The maximum absolute atomic E-state index is 5.42. The molecule has 0 aliphatic carbocycles. The minimum atomic E-state index is 0.279. The summed E-state index contributed by atoms with van der Waals surface area (Å²) in [6.45, 7) is 4.74. The molecule has 3 aromatic carbocycles. The van der Waals surface area contributed by atoms with Crippen LogP contribution in [-0.2, 0) is 4.74 Å². The van der Waals surface area contributed by atoms with Gasteiger partial charge in [-0.05, 0) is 48.9 Å². The van der Waals surface area contributed by atoms with Crippen molar-refractivity contribution >= 4 is 35.0 Å². The number of anilines is 3. The van der Waals surface area contributed by atoms with Crippen LogP contribution >= 0.6 is 11.8 Å². The molecule has 5 heteroatoms.